The van der Waals surface area contributed by atoms with Crippen LogP contribution >= 0.6 is 23.2 Å². The van der Waals surface area contributed by atoms with E-state index >= 15 is 0 Å². The summed E-state index contributed by atoms with van der Waals surface area (Å²) >= 11 is 12.6. The Hall–Kier alpha value is -2.87. The summed E-state index contributed by atoms with van der Waals surface area (Å²) in [6.07, 6.45) is 1.23. The van der Waals surface area contributed by atoms with Gasteiger partial charge in [-0.1, -0.05) is 58.8 Å². The largest absolute Gasteiger partial charge is 0.383 e. The summed E-state index contributed by atoms with van der Waals surface area (Å²) in [4.78, 5) is 6.58. The molecule has 2 heterocycles. The third kappa shape index (κ3) is 4.17. The van der Waals surface area contributed by atoms with Crippen molar-refractivity contribution < 1.29 is 0 Å². The average molecular weight is 456 g/mol. The van der Waals surface area contributed by atoms with E-state index in [1.54, 1.807) is 17.3 Å². The van der Waals surface area contributed by atoms with Crippen LogP contribution in [0.5, 0.6) is 0 Å². The van der Waals surface area contributed by atoms with Gasteiger partial charge in [0.1, 0.15) is 5.82 Å². The number of hydrogen-bond donors (Lipinski definition) is 2. The topological polar surface area (TPSA) is 82.1 Å². The first-order valence-corrected chi connectivity index (χ1v) is 10.5. The molecule has 0 amide bonds. The second kappa shape index (κ2) is 8.70. The molecule has 1 aliphatic heterocycles. The van der Waals surface area contributed by atoms with E-state index in [2.05, 4.69) is 71.0 Å². The predicted molar refractivity (Wildman–Crippen MR) is 126 cm³/mol. The fourth-order valence-electron chi connectivity index (χ4n) is 3.41. The summed E-state index contributed by atoms with van der Waals surface area (Å²) in [7, 11) is 4.13. The Morgan fingerprint density at radius 3 is 2.55 bits per heavy atom. The molecule has 0 spiro atoms. The highest BCUT2D eigenvalue weighted by Crippen LogP contribution is 2.39. The maximum atomic E-state index is 6.41. The number of halogens is 2. The molecule has 1 aliphatic rings. The number of hydrazine groups is 1. The smallest absolute Gasteiger partial charge is 0.193 e. The van der Waals surface area contributed by atoms with Crippen molar-refractivity contribution in [3.63, 3.8) is 0 Å². The maximum Gasteiger partial charge on any atom is 0.193 e. The van der Waals surface area contributed by atoms with E-state index in [1.165, 1.54) is 5.56 Å². The quantitative estimate of drug-likeness (QED) is 0.519. The molecule has 0 fully saturated rings. The number of aromatic nitrogens is 1. The minimum Gasteiger partial charge on any atom is -0.383 e. The first-order chi connectivity index (χ1) is 14.9. The van der Waals surface area contributed by atoms with Crippen molar-refractivity contribution in [1.82, 2.24) is 15.4 Å². The molecule has 31 heavy (non-hydrogen) atoms. The van der Waals surface area contributed by atoms with Crippen molar-refractivity contribution in [3.8, 4) is 11.1 Å². The molecule has 0 saturated carbocycles. The summed E-state index contributed by atoms with van der Waals surface area (Å²) in [5, 5.41) is 10.8. The summed E-state index contributed by atoms with van der Waals surface area (Å²) in [5.41, 5.74) is 13.7. The molecule has 0 bridgehead atoms. The molecule has 9 heteroatoms. The van der Waals surface area contributed by atoms with Crippen molar-refractivity contribution in [2.45, 2.75) is 19.1 Å². The number of nitrogens with one attached hydrogen (secondary N) is 1. The lowest BCUT2D eigenvalue weighted by Crippen LogP contribution is -2.33. The number of rotatable bonds is 5. The van der Waals surface area contributed by atoms with Crippen LogP contribution in [0.25, 0.3) is 11.1 Å². The number of benzene rings is 2. The van der Waals surface area contributed by atoms with Crippen molar-refractivity contribution in [2.24, 2.45) is 10.3 Å². The van der Waals surface area contributed by atoms with Gasteiger partial charge >= 0.3 is 0 Å². The van der Waals surface area contributed by atoms with Gasteiger partial charge in [0.15, 0.2) is 6.17 Å². The third-order valence-electron chi connectivity index (χ3n) is 5.48. The predicted octanol–water partition coefficient (Wildman–Crippen LogP) is 5.65. The molecule has 0 radical (unpaired) electrons. The molecule has 4 rings (SSSR count). The van der Waals surface area contributed by atoms with Gasteiger partial charge in [-0.05, 0) is 50.3 Å². The van der Waals surface area contributed by atoms with Crippen molar-refractivity contribution in [2.75, 3.05) is 24.8 Å². The monoisotopic (exact) mass is 455 g/mol. The van der Waals surface area contributed by atoms with Crippen LogP contribution in [0, 0.1) is 0 Å². The Bertz CT molecular complexity index is 1120. The minimum absolute atomic E-state index is 0.329. The van der Waals surface area contributed by atoms with E-state index < -0.39 is 6.17 Å². The molecule has 2 atom stereocenters. The Morgan fingerprint density at radius 1 is 1.10 bits per heavy atom. The number of pyridine rings is 1. The van der Waals surface area contributed by atoms with Crippen molar-refractivity contribution >= 4 is 34.7 Å². The van der Waals surface area contributed by atoms with E-state index in [0.29, 0.717) is 33.2 Å². The maximum absolute atomic E-state index is 6.41. The summed E-state index contributed by atoms with van der Waals surface area (Å²) < 4.78 is 0. The minimum atomic E-state index is -0.531. The zero-order chi connectivity index (χ0) is 22.1. The Morgan fingerprint density at radius 2 is 1.84 bits per heavy atom. The van der Waals surface area contributed by atoms with Crippen LogP contribution in [0.15, 0.2) is 65.1 Å². The number of nitrogen functional groups attached to an aromatic ring is 1. The van der Waals surface area contributed by atoms with Gasteiger partial charge < -0.3 is 10.6 Å². The fraction of sp³-hybridized carbons (Fsp3) is 0.227. The van der Waals surface area contributed by atoms with Crippen LogP contribution in [-0.4, -0.2) is 24.0 Å². The number of nitrogens with zero attached hydrogens (tertiary/aromatic N) is 5. The van der Waals surface area contributed by atoms with Crippen molar-refractivity contribution in [3.05, 3.63) is 75.9 Å². The van der Waals surface area contributed by atoms with Crippen LogP contribution in [0.2, 0.25) is 10.0 Å². The number of nitrogens with two attached hydrogens (primary N) is 1. The lowest BCUT2D eigenvalue weighted by Gasteiger charge is -2.25. The third-order valence-corrected chi connectivity index (χ3v) is 6.29. The van der Waals surface area contributed by atoms with E-state index in [-0.39, 0.29) is 0 Å². The average Bonchev–Trinajstić information content (AvgIpc) is 3.25. The highest BCUT2D eigenvalue weighted by atomic mass is 35.5. The lowest BCUT2D eigenvalue weighted by atomic mass is 10.0. The zero-order valence-corrected chi connectivity index (χ0v) is 18.9. The van der Waals surface area contributed by atoms with Gasteiger partial charge in [-0.25, -0.2) is 9.99 Å². The van der Waals surface area contributed by atoms with Crippen LogP contribution in [0.1, 0.15) is 30.3 Å². The highest BCUT2D eigenvalue weighted by Gasteiger charge is 2.29. The summed E-state index contributed by atoms with van der Waals surface area (Å²) in [5.74, 6) is 0.373. The van der Waals surface area contributed by atoms with Crippen LogP contribution in [-0.2, 0) is 0 Å². The standard InChI is InChI=1S/C22H23Cl2N7/c1-13(30(2)3)14-7-9-15(10-8-14)16-11-17(21(25)26-12-16)22-27-28-29-31(22)19-6-4-5-18(23)20(19)24/h4-13,22H,1-3H3,(H2,25,26)(H,27,29). The SMILES string of the molecule is CC(c1ccc(-c2cnc(N)c(C3N=NNN3c3cccc(Cl)c3Cl)c2)cc1)N(C)C. The molecule has 0 aliphatic carbocycles. The Kier molecular flexibility index (Phi) is 6.00. The fourth-order valence-corrected chi connectivity index (χ4v) is 3.80. The molecule has 3 N–H and O–H groups in total. The second-order valence-corrected chi connectivity index (χ2v) is 8.38. The molecule has 0 saturated heterocycles. The van der Waals surface area contributed by atoms with E-state index in [0.717, 1.165) is 11.1 Å². The summed E-state index contributed by atoms with van der Waals surface area (Å²) in [6.45, 7) is 2.17. The van der Waals surface area contributed by atoms with Gasteiger partial charge in [0.2, 0.25) is 0 Å². The highest BCUT2D eigenvalue weighted by molar-refractivity contribution is 6.43. The number of hydrogen-bond acceptors (Lipinski definition) is 7. The van der Waals surface area contributed by atoms with Gasteiger partial charge in [0, 0.05) is 23.4 Å². The molecule has 160 valence electrons. The van der Waals surface area contributed by atoms with E-state index in [9.17, 15) is 0 Å². The molecule has 7 nitrogen and oxygen atoms in total. The van der Waals surface area contributed by atoms with E-state index in [1.807, 2.05) is 18.2 Å². The van der Waals surface area contributed by atoms with Crippen LogP contribution in [0.4, 0.5) is 11.5 Å². The van der Waals surface area contributed by atoms with Gasteiger partial charge in [0.05, 0.1) is 15.7 Å². The second-order valence-electron chi connectivity index (χ2n) is 7.59. The van der Waals surface area contributed by atoms with Gasteiger partial charge in [-0.2, -0.15) is 5.53 Å². The van der Waals surface area contributed by atoms with Crippen LogP contribution < -0.4 is 16.3 Å². The van der Waals surface area contributed by atoms with Crippen LogP contribution in [0.3, 0.4) is 0 Å². The number of anilines is 2. The molecule has 3 aromatic rings. The molecular formula is C22H23Cl2N7. The zero-order valence-electron chi connectivity index (χ0n) is 17.4. The van der Waals surface area contributed by atoms with Gasteiger partial charge in [0.25, 0.3) is 0 Å². The van der Waals surface area contributed by atoms with Crippen molar-refractivity contribution in [1.29, 1.82) is 0 Å². The van der Waals surface area contributed by atoms with Gasteiger partial charge in [-0.3, -0.25) is 0 Å². The molecule has 2 aromatic carbocycles. The lowest BCUT2D eigenvalue weighted by molar-refractivity contribution is 0.321. The van der Waals surface area contributed by atoms with E-state index in [4.69, 9.17) is 28.9 Å². The summed E-state index contributed by atoms with van der Waals surface area (Å²) in [6, 6.07) is 16.1. The van der Waals surface area contributed by atoms with Gasteiger partial charge in [-0.15, -0.1) is 5.11 Å². The first-order valence-electron chi connectivity index (χ1n) is 9.77. The first kappa shape index (κ1) is 21.4. The Labute approximate surface area is 191 Å². The molecule has 1 aromatic heterocycles. The molecular weight excluding hydrogens is 433 g/mol. The normalized spacial score (nSPS) is 16.6. The molecule has 2 unspecified atom stereocenters. The Balaban J connectivity index is 1.68.